The van der Waals surface area contributed by atoms with Gasteiger partial charge in [0.1, 0.15) is 0 Å². The molecule has 1 aliphatic heterocycles. The second-order valence-corrected chi connectivity index (χ2v) is 4.98. The van der Waals surface area contributed by atoms with Crippen molar-refractivity contribution in [3.8, 4) is 0 Å². The molecule has 0 aromatic carbocycles. The van der Waals surface area contributed by atoms with E-state index in [1.807, 2.05) is 20.2 Å². The summed E-state index contributed by atoms with van der Waals surface area (Å²) in [6, 6.07) is 0. The zero-order chi connectivity index (χ0) is 13.7. The molecule has 7 heteroatoms. The van der Waals surface area contributed by atoms with Crippen LogP contribution in [-0.4, -0.2) is 54.9 Å². The number of aromatic nitrogens is 2. The maximum absolute atomic E-state index is 5.22. The quantitative estimate of drug-likeness (QED) is 0.461. The highest BCUT2D eigenvalue weighted by Crippen LogP contribution is 2.16. The van der Waals surface area contributed by atoms with Crippen molar-refractivity contribution in [1.82, 2.24) is 20.4 Å². The topological polar surface area (TPSA) is 65.5 Å². The number of methoxy groups -OCH3 is 1. The van der Waals surface area contributed by atoms with Crippen molar-refractivity contribution in [2.75, 3.05) is 33.9 Å². The fraction of sp³-hybridized carbons (Fsp3) is 0.692. The number of aliphatic imine (C=N–C) groups is 1. The van der Waals surface area contributed by atoms with E-state index in [-0.39, 0.29) is 24.0 Å². The Bertz CT molecular complexity index is 434. The molecule has 1 aromatic heterocycles. The fourth-order valence-corrected chi connectivity index (χ4v) is 2.46. The Hall–Kier alpha value is -0.830. The number of aromatic amines is 1. The van der Waals surface area contributed by atoms with E-state index in [4.69, 9.17) is 4.74 Å². The van der Waals surface area contributed by atoms with E-state index in [0.717, 1.165) is 37.9 Å². The van der Waals surface area contributed by atoms with E-state index < -0.39 is 0 Å². The van der Waals surface area contributed by atoms with E-state index in [9.17, 15) is 0 Å². The van der Waals surface area contributed by atoms with Gasteiger partial charge in [-0.15, -0.1) is 24.0 Å². The van der Waals surface area contributed by atoms with Crippen molar-refractivity contribution in [3.63, 3.8) is 0 Å². The molecule has 1 aromatic rings. The van der Waals surface area contributed by atoms with Gasteiger partial charge in [-0.3, -0.25) is 10.1 Å². The maximum Gasteiger partial charge on any atom is 0.193 e. The van der Waals surface area contributed by atoms with E-state index in [2.05, 4.69) is 25.4 Å². The lowest BCUT2D eigenvalue weighted by atomic mass is 10.1. The number of rotatable bonds is 4. The Morgan fingerprint density at radius 3 is 3.05 bits per heavy atom. The third kappa shape index (κ3) is 4.34. The van der Waals surface area contributed by atoms with Gasteiger partial charge in [-0.1, -0.05) is 0 Å². The number of halogens is 1. The molecule has 2 N–H and O–H groups in total. The minimum Gasteiger partial charge on any atom is -0.384 e. The minimum atomic E-state index is 0. The SMILES string of the molecule is CN=C(NCc1cn[nH]c1C)N1CCC(COC)C1.I. The molecule has 0 radical (unpaired) electrons. The van der Waals surface area contributed by atoms with Crippen LogP contribution in [0.25, 0.3) is 0 Å². The molecule has 1 unspecified atom stereocenters. The maximum atomic E-state index is 5.22. The Balaban J connectivity index is 0.00000200. The molecule has 0 aliphatic carbocycles. The van der Waals surface area contributed by atoms with Crippen LogP contribution in [-0.2, 0) is 11.3 Å². The molecular formula is C13H24IN5O. The van der Waals surface area contributed by atoms with Crippen molar-refractivity contribution in [2.45, 2.75) is 19.9 Å². The summed E-state index contributed by atoms with van der Waals surface area (Å²) in [7, 11) is 3.59. The van der Waals surface area contributed by atoms with Crippen molar-refractivity contribution in [2.24, 2.45) is 10.9 Å². The van der Waals surface area contributed by atoms with E-state index in [0.29, 0.717) is 5.92 Å². The molecule has 0 bridgehead atoms. The van der Waals surface area contributed by atoms with Gasteiger partial charge in [0, 0.05) is 51.0 Å². The summed E-state index contributed by atoms with van der Waals surface area (Å²) in [5, 5.41) is 10.4. The van der Waals surface area contributed by atoms with Crippen LogP contribution in [0.2, 0.25) is 0 Å². The second-order valence-electron chi connectivity index (χ2n) is 4.98. The monoisotopic (exact) mass is 393 g/mol. The number of hydrogen-bond donors (Lipinski definition) is 2. The lowest BCUT2D eigenvalue weighted by molar-refractivity contribution is 0.157. The average Bonchev–Trinajstić information content (AvgIpc) is 3.01. The largest absolute Gasteiger partial charge is 0.384 e. The minimum absolute atomic E-state index is 0. The molecule has 0 amide bonds. The number of nitrogens with zero attached hydrogens (tertiary/aromatic N) is 3. The average molecular weight is 393 g/mol. The lowest BCUT2D eigenvalue weighted by Gasteiger charge is -2.21. The summed E-state index contributed by atoms with van der Waals surface area (Å²) >= 11 is 0. The van der Waals surface area contributed by atoms with Crippen LogP contribution < -0.4 is 5.32 Å². The first-order valence-corrected chi connectivity index (χ1v) is 6.68. The summed E-state index contributed by atoms with van der Waals surface area (Å²) in [5.41, 5.74) is 2.27. The van der Waals surface area contributed by atoms with Crippen LogP contribution in [0.3, 0.4) is 0 Å². The van der Waals surface area contributed by atoms with E-state index >= 15 is 0 Å². The molecule has 0 saturated carbocycles. The van der Waals surface area contributed by atoms with Crippen LogP contribution >= 0.6 is 24.0 Å². The van der Waals surface area contributed by atoms with Gasteiger partial charge in [0.05, 0.1) is 12.8 Å². The summed E-state index contributed by atoms with van der Waals surface area (Å²) in [6.45, 7) is 5.65. The van der Waals surface area contributed by atoms with Crippen molar-refractivity contribution >= 4 is 29.9 Å². The molecule has 1 aliphatic rings. The molecule has 6 nitrogen and oxygen atoms in total. The van der Waals surface area contributed by atoms with Crippen LogP contribution in [0, 0.1) is 12.8 Å². The highest BCUT2D eigenvalue weighted by atomic mass is 127. The smallest absolute Gasteiger partial charge is 0.193 e. The van der Waals surface area contributed by atoms with Crippen LogP contribution in [0.1, 0.15) is 17.7 Å². The van der Waals surface area contributed by atoms with Gasteiger partial charge >= 0.3 is 0 Å². The Morgan fingerprint density at radius 1 is 1.65 bits per heavy atom. The van der Waals surface area contributed by atoms with Gasteiger partial charge in [-0.25, -0.2) is 0 Å². The third-order valence-corrected chi connectivity index (χ3v) is 3.57. The summed E-state index contributed by atoms with van der Waals surface area (Å²) in [5.74, 6) is 1.57. The van der Waals surface area contributed by atoms with Gasteiger partial charge in [0.15, 0.2) is 5.96 Å². The van der Waals surface area contributed by atoms with Gasteiger partial charge < -0.3 is 15.0 Å². The highest BCUT2D eigenvalue weighted by molar-refractivity contribution is 14.0. The second kappa shape index (κ2) is 8.46. The van der Waals surface area contributed by atoms with Crippen molar-refractivity contribution in [1.29, 1.82) is 0 Å². The predicted octanol–water partition coefficient (Wildman–Crippen LogP) is 1.38. The zero-order valence-corrected chi connectivity index (χ0v) is 14.7. The molecule has 2 heterocycles. The summed E-state index contributed by atoms with van der Waals surface area (Å²) in [4.78, 5) is 6.64. The highest BCUT2D eigenvalue weighted by Gasteiger charge is 2.24. The number of ether oxygens (including phenoxy) is 1. The number of aryl methyl sites for hydroxylation is 1. The number of nitrogens with one attached hydrogen (secondary N) is 2. The van der Waals surface area contributed by atoms with Gasteiger partial charge in [0.25, 0.3) is 0 Å². The first-order valence-electron chi connectivity index (χ1n) is 6.68. The zero-order valence-electron chi connectivity index (χ0n) is 12.3. The Kier molecular flexibility index (Phi) is 7.28. The fourth-order valence-electron chi connectivity index (χ4n) is 2.46. The standard InChI is InChI=1S/C13H23N5O.HI/c1-10-12(7-16-17-10)6-15-13(14-2)18-5-4-11(8-18)9-19-3;/h7,11H,4-6,8-9H2,1-3H3,(H,14,15)(H,16,17);1H. The summed E-state index contributed by atoms with van der Waals surface area (Å²) in [6.07, 6.45) is 3.02. The van der Waals surface area contributed by atoms with Crippen molar-refractivity contribution in [3.05, 3.63) is 17.5 Å². The molecule has 20 heavy (non-hydrogen) atoms. The molecule has 0 spiro atoms. The first kappa shape index (κ1) is 17.2. The number of likely N-dealkylation sites (tertiary alicyclic amines) is 1. The normalized spacial score (nSPS) is 19.1. The molecule has 114 valence electrons. The molecule has 1 saturated heterocycles. The molecular weight excluding hydrogens is 369 g/mol. The Morgan fingerprint density at radius 2 is 2.45 bits per heavy atom. The van der Waals surface area contributed by atoms with Gasteiger partial charge in [0.2, 0.25) is 0 Å². The third-order valence-electron chi connectivity index (χ3n) is 3.57. The van der Waals surface area contributed by atoms with Gasteiger partial charge in [-0.05, 0) is 13.3 Å². The van der Waals surface area contributed by atoms with E-state index in [1.54, 1.807) is 7.11 Å². The van der Waals surface area contributed by atoms with Crippen LogP contribution in [0.5, 0.6) is 0 Å². The Labute approximate surface area is 137 Å². The lowest BCUT2D eigenvalue weighted by Crippen LogP contribution is -2.39. The number of hydrogen-bond acceptors (Lipinski definition) is 3. The molecule has 1 atom stereocenters. The van der Waals surface area contributed by atoms with Crippen LogP contribution in [0.4, 0.5) is 0 Å². The molecule has 1 fully saturated rings. The predicted molar refractivity (Wildman–Crippen MR) is 90.5 cm³/mol. The number of H-pyrrole nitrogens is 1. The van der Waals surface area contributed by atoms with Gasteiger partial charge in [-0.2, -0.15) is 5.10 Å². The summed E-state index contributed by atoms with van der Waals surface area (Å²) < 4.78 is 5.22. The number of guanidine groups is 1. The first-order chi connectivity index (χ1) is 9.24. The van der Waals surface area contributed by atoms with E-state index in [1.165, 1.54) is 12.0 Å². The van der Waals surface area contributed by atoms with Crippen LogP contribution in [0.15, 0.2) is 11.2 Å². The van der Waals surface area contributed by atoms with Crippen molar-refractivity contribution < 1.29 is 4.74 Å². The molecule has 2 rings (SSSR count).